The van der Waals surface area contributed by atoms with Crippen molar-refractivity contribution < 1.29 is 14.3 Å². The third-order valence-electron chi connectivity index (χ3n) is 5.75. The zero-order chi connectivity index (χ0) is 23.8. The van der Waals surface area contributed by atoms with Crippen LogP contribution < -0.4 is 10.1 Å². The average molecular weight is 475 g/mol. The smallest absolute Gasteiger partial charge is 0.258 e. The van der Waals surface area contributed by atoms with Crippen LogP contribution in [-0.4, -0.2) is 30.7 Å². The van der Waals surface area contributed by atoms with Crippen molar-refractivity contribution in [2.24, 2.45) is 5.92 Å². The van der Waals surface area contributed by atoms with E-state index in [2.05, 4.69) is 22.1 Å². The van der Waals surface area contributed by atoms with Crippen molar-refractivity contribution in [3.8, 4) is 17.6 Å². The molecule has 174 valence electrons. The summed E-state index contributed by atoms with van der Waals surface area (Å²) in [7, 11) is 0. The Morgan fingerprint density at radius 3 is 2.65 bits per heavy atom. The Hall–Kier alpha value is -3.33. The van der Waals surface area contributed by atoms with Crippen LogP contribution in [0.15, 0.2) is 60.8 Å². The summed E-state index contributed by atoms with van der Waals surface area (Å²) < 4.78 is 11.3. The number of pyridine rings is 1. The number of anilines is 1. The second kappa shape index (κ2) is 11.7. The van der Waals surface area contributed by atoms with Crippen molar-refractivity contribution in [3.63, 3.8) is 0 Å². The summed E-state index contributed by atoms with van der Waals surface area (Å²) in [5, 5.41) is 3.21. The molecule has 34 heavy (non-hydrogen) atoms. The number of nitrogens with zero attached hydrogens (tertiary/aromatic N) is 1. The standard InChI is InChI=1S/C28H27ClN2O3/c1-20-17-23(8-7-21-5-3-2-4-6-21)19-30-27(20)31-28(32)25-18-24(9-10-26(25)29)34-16-13-22-11-14-33-15-12-22/h2-6,9-10,17-19,22H,11-16H2,1H3,(H,30,31,32). The molecule has 1 aromatic heterocycles. The van der Waals surface area contributed by atoms with Gasteiger partial charge in [-0.05, 0) is 74.1 Å². The molecule has 0 saturated carbocycles. The lowest BCUT2D eigenvalue weighted by molar-refractivity contribution is 0.0593. The molecule has 3 aromatic rings. The van der Waals surface area contributed by atoms with Gasteiger partial charge in [0.05, 0.1) is 17.2 Å². The largest absolute Gasteiger partial charge is 0.494 e. The van der Waals surface area contributed by atoms with Crippen LogP contribution >= 0.6 is 11.6 Å². The summed E-state index contributed by atoms with van der Waals surface area (Å²) in [5.41, 5.74) is 2.87. The molecule has 6 heteroatoms. The number of rotatable bonds is 6. The molecule has 1 amide bonds. The molecular formula is C28H27ClN2O3. The number of ether oxygens (including phenoxy) is 2. The van der Waals surface area contributed by atoms with Crippen LogP contribution in [0.2, 0.25) is 5.02 Å². The molecule has 1 aliphatic heterocycles. The fourth-order valence-electron chi connectivity index (χ4n) is 3.76. The van der Waals surface area contributed by atoms with E-state index in [1.807, 2.05) is 43.3 Å². The van der Waals surface area contributed by atoms with Gasteiger partial charge in [0.2, 0.25) is 0 Å². The Bertz CT molecular complexity index is 1200. The van der Waals surface area contributed by atoms with Gasteiger partial charge >= 0.3 is 0 Å². The monoisotopic (exact) mass is 474 g/mol. The minimum absolute atomic E-state index is 0.335. The Labute approximate surface area is 205 Å². The summed E-state index contributed by atoms with van der Waals surface area (Å²) >= 11 is 6.31. The van der Waals surface area contributed by atoms with E-state index in [-0.39, 0.29) is 5.91 Å². The van der Waals surface area contributed by atoms with E-state index in [0.29, 0.717) is 34.7 Å². The van der Waals surface area contributed by atoms with E-state index in [1.165, 1.54) is 0 Å². The molecule has 0 atom stereocenters. The van der Waals surface area contributed by atoms with E-state index >= 15 is 0 Å². The van der Waals surface area contributed by atoms with Crippen LogP contribution in [0.5, 0.6) is 5.75 Å². The highest BCUT2D eigenvalue weighted by Crippen LogP contribution is 2.25. The molecule has 1 N–H and O–H groups in total. The van der Waals surface area contributed by atoms with Crippen LogP contribution in [0.1, 0.15) is 46.3 Å². The van der Waals surface area contributed by atoms with E-state index in [4.69, 9.17) is 21.1 Å². The summed E-state index contributed by atoms with van der Waals surface area (Å²) in [6, 6.07) is 16.8. The van der Waals surface area contributed by atoms with Crippen LogP contribution in [0.3, 0.4) is 0 Å². The molecule has 0 spiro atoms. The summed E-state index contributed by atoms with van der Waals surface area (Å²) in [6.45, 7) is 4.13. The molecule has 2 heterocycles. The number of benzene rings is 2. The molecule has 0 unspecified atom stereocenters. The van der Waals surface area contributed by atoms with Crippen LogP contribution in [0.25, 0.3) is 0 Å². The van der Waals surface area contributed by atoms with Gasteiger partial charge in [-0.2, -0.15) is 0 Å². The van der Waals surface area contributed by atoms with Gasteiger partial charge in [0.15, 0.2) is 0 Å². The van der Waals surface area contributed by atoms with Gasteiger partial charge in [-0.1, -0.05) is 41.6 Å². The topological polar surface area (TPSA) is 60.5 Å². The summed E-state index contributed by atoms with van der Waals surface area (Å²) in [6.07, 6.45) is 4.76. The summed E-state index contributed by atoms with van der Waals surface area (Å²) in [5.74, 6) is 7.60. The number of aryl methyl sites for hydroxylation is 1. The molecular weight excluding hydrogens is 448 g/mol. The Morgan fingerprint density at radius 1 is 1.12 bits per heavy atom. The van der Waals surface area contributed by atoms with Gasteiger partial charge in [-0.3, -0.25) is 4.79 Å². The molecule has 1 fully saturated rings. The summed E-state index contributed by atoms with van der Waals surface area (Å²) in [4.78, 5) is 17.3. The maximum atomic E-state index is 12.9. The Kier molecular flexibility index (Phi) is 8.19. The first-order chi connectivity index (χ1) is 16.6. The predicted octanol–water partition coefficient (Wildman–Crippen LogP) is 5.89. The number of aromatic nitrogens is 1. The van der Waals surface area contributed by atoms with Gasteiger partial charge in [-0.15, -0.1) is 0 Å². The second-order valence-corrected chi connectivity index (χ2v) is 8.70. The normalized spacial score (nSPS) is 13.6. The Balaban J connectivity index is 1.38. The maximum absolute atomic E-state index is 12.9. The number of amides is 1. The number of nitrogens with one attached hydrogen (secondary N) is 1. The van der Waals surface area contributed by atoms with Gasteiger partial charge < -0.3 is 14.8 Å². The zero-order valence-corrected chi connectivity index (χ0v) is 19.9. The van der Waals surface area contributed by atoms with Gasteiger partial charge in [0.25, 0.3) is 5.91 Å². The van der Waals surface area contributed by atoms with E-state index in [1.54, 1.807) is 24.4 Å². The third kappa shape index (κ3) is 6.60. The lowest BCUT2D eigenvalue weighted by atomic mass is 9.97. The van der Waals surface area contributed by atoms with Crippen molar-refractivity contribution in [3.05, 3.63) is 88.1 Å². The highest BCUT2D eigenvalue weighted by atomic mass is 35.5. The fourth-order valence-corrected chi connectivity index (χ4v) is 3.96. The Morgan fingerprint density at radius 2 is 1.88 bits per heavy atom. The van der Waals surface area contributed by atoms with Gasteiger partial charge in [0.1, 0.15) is 11.6 Å². The second-order valence-electron chi connectivity index (χ2n) is 8.29. The lowest BCUT2D eigenvalue weighted by Gasteiger charge is -2.21. The number of halogens is 1. The first-order valence-corrected chi connectivity index (χ1v) is 11.8. The van der Waals surface area contributed by atoms with Crippen LogP contribution in [0.4, 0.5) is 5.82 Å². The zero-order valence-electron chi connectivity index (χ0n) is 19.1. The first kappa shape index (κ1) is 23.8. The van der Waals surface area contributed by atoms with E-state index < -0.39 is 0 Å². The maximum Gasteiger partial charge on any atom is 0.258 e. The van der Waals surface area contributed by atoms with Gasteiger partial charge in [0, 0.05) is 30.5 Å². The minimum atomic E-state index is -0.335. The van der Waals surface area contributed by atoms with Gasteiger partial charge in [-0.25, -0.2) is 4.98 Å². The predicted molar refractivity (Wildman–Crippen MR) is 134 cm³/mol. The fraction of sp³-hybridized carbons (Fsp3) is 0.286. The van der Waals surface area contributed by atoms with Crippen molar-refractivity contribution in [2.45, 2.75) is 26.2 Å². The minimum Gasteiger partial charge on any atom is -0.494 e. The molecule has 4 rings (SSSR count). The highest BCUT2D eigenvalue weighted by Gasteiger charge is 2.16. The van der Waals surface area contributed by atoms with Crippen molar-refractivity contribution in [1.82, 2.24) is 4.98 Å². The van der Waals surface area contributed by atoms with E-state index in [9.17, 15) is 4.79 Å². The first-order valence-electron chi connectivity index (χ1n) is 11.4. The van der Waals surface area contributed by atoms with Crippen molar-refractivity contribution >= 4 is 23.3 Å². The molecule has 1 saturated heterocycles. The number of hydrogen-bond acceptors (Lipinski definition) is 4. The number of hydrogen-bond donors (Lipinski definition) is 1. The molecule has 0 aliphatic carbocycles. The van der Waals surface area contributed by atoms with E-state index in [0.717, 1.165) is 49.2 Å². The molecule has 5 nitrogen and oxygen atoms in total. The average Bonchev–Trinajstić information content (AvgIpc) is 2.86. The molecule has 0 bridgehead atoms. The van der Waals surface area contributed by atoms with Crippen molar-refractivity contribution in [1.29, 1.82) is 0 Å². The van der Waals surface area contributed by atoms with Crippen LogP contribution in [-0.2, 0) is 4.74 Å². The number of carbonyl (C=O) groups is 1. The highest BCUT2D eigenvalue weighted by molar-refractivity contribution is 6.34. The lowest BCUT2D eigenvalue weighted by Crippen LogP contribution is -2.18. The van der Waals surface area contributed by atoms with Crippen molar-refractivity contribution in [2.75, 3.05) is 25.1 Å². The molecule has 1 aliphatic rings. The van der Waals surface area contributed by atoms with Crippen LogP contribution in [0, 0.1) is 24.7 Å². The third-order valence-corrected chi connectivity index (χ3v) is 6.08. The molecule has 0 radical (unpaired) electrons. The number of carbonyl (C=O) groups excluding carboxylic acids is 1. The molecule has 2 aromatic carbocycles. The quantitative estimate of drug-likeness (QED) is 0.452. The SMILES string of the molecule is Cc1cc(C#Cc2ccccc2)cnc1NC(=O)c1cc(OCCC2CCOCC2)ccc1Cl.